The fourth-order valence-corrected chi connectivity index (χ4v) is 4.24. The van der Waals surface area contributed by atoms with Crippen LogP contribution in [0.15, 0.2) is 23.0 Å². The maximum atomic E-state index is 13.3. The minimum absolute atomic E-state index is 0.184. The summed E-state index contributed by atoms with van der Waals surface area (Å²) in [4.78, 5) is 21.5. The molecule has 2 aliphatic rings. The van der Waals surface area contributed by atoms with Crippen LogP contribution in [0.2, 0.25) is 0 Å². The van der Waals surface area contributed by atoms with E-state index in [2.05, 4.69) is 33.8 Å². The van der Waals surface area contributed by atoms with Crippen LogP contribution in [0, 0.1) is 6.92 Å². The van der Waals surface area contributed by atoms with Crippen molar-refractivity contribution in [2.75, 3.05) is 37.7 Å². The third kappa shape index (κ3) is 3.38. The van der Waals surface area contributed by atoms with Gasteiger partial charge in [0.15, 0.2) is 5.43 Å². The highest BCUT2D eigenvalue weighted by atomic mass is 16.5. The Balaban J connectivity index is 1.70. The molecule has 140 valence electrons. The zero-order chi connectivity index (χ0) is 18.1. The van der Waals surface area contributed by atoms with Crippen LogP contribution in [0.1, 0.15) is 37.4 Å². The van der Waals surface area contributed by atoms with E-state index in [1.165, 1.54) is 19.3 Å². The number of aromatic nitrogens is 1. The topological polar surface area (TPSA) is 48.6 Å². The number of ether oxygens (including phenoxy) is 1. The van der Waals surface area contributed by atoms with Gasteiger partial charge in [-0.3, -0.25) is 9.69 Å². The summed E-state index contributed by atoms with van der Waals surface area (Å²) in [7, 11) is 0. The van der Waals surface area contributed by atoms with Crippen LogP contribution in [0.5, 0.6) is 0 Å². The van der Waals surface area contributed by atoms with E-state index in [1.807, 2.05) is 13.0 Å². The fourth-order valence-electron chi connectivity index (χ4n) is 4.24. The number of hydrogen-bond donors (Lipinski definition) is 1. The minimum atomic E-state index is 0.184. The first kappa shape index (κ1) is 17.6. The number of fused-ring (bicyclic) bond motifs is 1. The Morgan fingerprint density at radius 3 is 2.77 bits per heavy atom. The van der Waals surface area contributed by atoms with E-state index >= 15 is 0 Å². The van der Waals surface area contributed by atoms with Gasteiger partial charge in [0.2, 0.25) is 0 Å². The van der Waals surface area contributed by atoms with Crippen molar-refractivity contribution in [2.45, 2.75) is 45.7 Å². The van der Waals surface area contributed by atoms with E-state index in [0.29, 0.717) is 6.04 Å². The van der Waals surface area contributed by atoms with Crippen LogP contribution >= 0.6 is 0 Å². The molecule has 0 amide bonds. The Morgan fingerprint density at radius 1 is 1.19 bits per heavy atom. The summed E-state index contributed by atoms with van der Waals surface area (Å²) in [6.07, 6.45) is 3.76. The third-order valence-corrected chi connectivity index (χ3v) is 5.97. The third-order valence-electron chi connectivity index (χ3n) is 5.97. The number of pyridine rings is 1. The highest BCUT2D eigenvalue weighted by molar-refractivity contribution is 5.83. The van der Waals surface area contributed by atoms with Crippen LogP contribution in [0.25, 0.3) is 10.9 Å². The Kier molecular flexibility index (Phi) is 5.00. The number of aryl methyl sites for hydroxylation is 1. The maximum Gasteiger partial charge on any atom is 0.194 e. The van der Waals surface area contributed by atoms with Gasteiger partial charge in [0.25, 0.3) is 0 Å². The largest absolute Gasteiger partial charge is 0.378 e. The van der Waals surface area contributed by atoms with E-state index in [-0.39, 0.29) is 5.43 Å². The maximum absolute atomic E-state index is 13.3. The average Bonchev–Trinajstić information content (AvgIpc) is 2.67. The fraction of sp³-hybridized carbons (Fsp3) is 0.571. The van der Waals surface area contributed by atoms with Crippen molar-refractivity contribution in [3.63, 3.8) is 0 Å². The lowest BCUT2D eigenvalue weighted by Crippen LogP contribution is -2.38. The molecule has 0 spiro atoms. The molecule has 1 atom stereocenters. The van der Waals surface area contributed by atoms with Crippen molar-refractivity contribution < 1.29 is 4.74 Å². The average molecular weight is 355 g/mol. The first-order chi connectivity index (χ1) is 12.6. The van der Waals surface area contributed by atoms with Crippen molar-refractivity contribution >= 4 is 16.6 Å². The lowest BCUT2D eigenvalue weighted by atomic mass is 10.0. The molecular weight excluding hydrogens is 326 g/mol. The second-order valence-electron chi connectivity index (χ2n) is 7.70. The van der Waals surface area contributed by atoms with Gasteiger partial charge in [0, 0.05) is 53.5 Å². The van der Waals surface area contributed by atoms with Gasteiger partial charge < -0.3 is 14.6 Å². The molecule has 1 aromatic carbocycles. The molecular formula is C21H29N3O2. The second-order valence-corrected chi connectivity index (χ2v) is 7.70. The summed E-state index contributed by atoms with van der Waals surface area (Å²) in [5, 5.41) is 0.805. The number of H-pyrrole nitrogens is 1. The molecule has 0 unspecified atom stereocenters. The van der Waals surface area contributed by atoms with Gasteiger partial charge >= 0.3 is 0 Å². The summed E-state index contributed by atoms with van der Waals surface area (Å²) >= 11 is 0. The quantitative estimate of drug-likeness (QED) is 0.919. The number of aromatic amines is 1. The van der Waals surface area contributed by atoms with Crippen molar-refractivity contribution in [1.29, 1.82) is 0 Å². The van der Waals surface area contributed by atoms with Gasteiger partial charge in [0.05, 0.1) is 13.2 Å². The smallest absolute Gasteiger partial charge is 0.194 e. The molecule has 1 aromatic heterocycles. The number of benzene rings is 1. The van der Waals surface area contributed by atoms with E-state index in [9.17, 15) is 4.79 Å². The number of anilines is 1. The molecule has 2 fully saturated rings. The zero-order valence-electron chi connectivity index (χ0n) is 15.9. The van der Waals surface area contributed by atoms with Gasteiger partial charge in [-0.25, -0.2) is 0 Å². The molecule has 2 aromatic rings. The van der Waals surface area contributed by atoms with E-state index in [0.717, 1.165) is 67.2 Å². The van der Waals surface area contributed by atoms with Crippen LogP contribution in [0.4, 0.5) is 5.69 Å². The van der Waals surface area contributed by atoms with Crippen molar-refractivity contribution in [1.82, 2.24) is 9.88 Å². The summed E-state index contributed by atoms with van der Waals surface area (Å²) in [5.41, 5.74) is 4.15. The molecule has 2 aliphatic heterocycles. The van der Waals surface area contributed by atoms with Crippen LogP contribution in [-0.4, -0.2) is 48.8 Å². The van der Waals surface area contributed by atoms with E-state index in [4.69, 9.17) is 4.74 Å². The predicted octanol–water partition coefficient (Wildman–Crippen LogP) is 3.05. The van der Waals surface area contributed by atoms with Crippen molar-refractivity contribution in [3.8, 4) is 0 Å². The number of hydrogen-bond acceptors (Lipinski definition) is 4. The molecule has 0 saturated carbocycles. The van der Waals surface area contributed by atoms with Crippen molar-refractivity contribution in [3.05, 3.63) is 39.7 Å². The van der Waals surface area contributed by atoms with Gasteiger partial charge in [0.1, 0.15) is 0 Å². The Hall–Kier alpha value is -1.85. The van der Waals surface area contributed by atoms with Crippen molar-refractivity contribution in [2.24, 2.45) is 0 Å². The van der Waals surface area contributed by atoms with Crippen LogP contribution in [0.3, 0.4) is 0 Å². The highest BCUT2D eigenvalue weighted by Crippen LogP contribution is 2.23. The van der Waals surface area contributed by atoms with Gasteiger partial charge in [-0.15, -0.1) is 0 Å². The molecule has 1 N–H and O–H groups in total. The zero-order valence-corrected chi connectivity index (χ0v) is 15.9. The van der Waals surface area contributed by atoms with Crippen LogP contribution in [-0.2, 0) is 11.3 Å². The standard InChI is InChI=1S/C21H29N3O2/c1-15-5-3-4-8-24(15)14-19-16(2)22-20-7-6-17(13-18(20)21(19)25)23-9-11-26-12-10-23/h6-7,13,15H,3-5,8-12,14H2,1-2H3,(H,22,25)/t15-/m0/s1. The van der Waals surface area contributed by atoms with Crippen LogP contribution < -0.4 is 10.3 Å². The SMILES string of the molecule is Cc1[nH]c2ccc(N3CCOCC3)cc2c(=O)c1CN1CCCC[C@@H]1C. The summed E-state index contributed by atoms with van der Waals surface area (Å²) in [5.74, 6) is 0. The van der Waals surface area contributed by atoms with Gasteiger partial charge in [-0.2, -0.15) is 0 Å². The first-order valence-corrected chi connectivity index (χ1v) is 9.86. The Bertz CT molecular complexity index is 839. The highest BCUT2D eigenvalue weighted by Gasteiger charge is 2.21. The number of nitrogens with zero attached hydrogens (tertiary/aromatic N) is 2. The van der Waals surface area contributed by atoms with Gasteiger partial charge in [-0.05, 0) is 51.4 Å². The second kappa shape index (κ2) is 7.41. The summed E-state index contributed by atoms with van der Waals surface area (Å²) < 4.78 is 5.45. The molecule has 5 nitrogen and oxygen atoms in total. The summed E-state index contributed by atoms with van der Waals surface area (Å²) in [6.45, 7) is 9.41. The molecule has 26 heavy (non-hydrogen) atoms. The normalized spacial score (nSPS) is 22.1. The molecule has 3 heterocycles. The van der Waals surface area contributed by atoms with E-state index < -0.39 is 0 Å². The molecule has 0 bridgehead atoms. The molecule has 2 saturated heterocycles. The van der Waals surface area contributed by atoms with Gasteiger partial charge in [-0.1, -0.05) is 6.42 Å². The minimum Gasteiger partial charge on any atom is -0.378 e. The number of morpholine rings is 1. The van der Waals surface area contributed by atoms with E-state index in [1.54, 1.807) is 0 Å². The molecule has 0 aliphatic carbocycles. The first-order valence-electron chi connectivity index (χ1n) is 9.86. The number of likely N-dealkylation sites (tertiary alicyclic amines) is 1. The Labute approximate surface area is 154 Å². The number of piperidine rings is 1. The molecule has 5 heteroatoms. The molecule has 0 radical (unpaired) electrons. The lowest BCUT2D eigenvalue weighted by Gasteiger charge is -2.33. The summed E-state index contributed by atoms with van der Waals surface area (Å²) in [6, 6.07) is 6.76. The number of rotatable bonds is 3. The monoisotopic (exact) mass is 355 g/mol. The molecule has 4 rings (SSSR count). The Morgan fingerprint density at radius 2 is 2.00 bits per heavy atom. The lowest BCUT2D eigenvalue weighted by molar-refractivity contribution is 0.122. The predicted molar refractivity (Wildman–Crippen MR) is 106 cm³/mol. The number of nitrogens with one attached hydrogen (secondary N) is 1.